The lowest BCUT2D eigenvalue weighted by Gasteiger charge is -2.13. The van der Waals surface area contributed by atoms with Crippen molar-refractivity contribution < 1.29 is 19.4 Å². The summed E-state index contributed by atoms with van der Waals surface area (Å²) in [4.78, 5) is 10.9. The Hall–Kier alpha value is -1.55. The number of hydrogen-bond donors (Lipinski definition) is 1. The van der Waals surface area contributed by atoms with Crippen molar-refractivity contribution in [2.45, 2.75) is 26.4 Å². The summed E-state index contributed by atoms with van der Waals surface area (Å²) in [6, 6.07) is 5.64. The van der Waals surface area contributed by atoms with Gasteiger partial charge in [-0.2, -0.15) is 0 Å². The fourth-order valence-corrected chi connectivity index (χ4v) is 1.63. The summed E-state index contributed by atoms with van der Waals surface area (Å²) in [5, 5.41) is 8.91. The predicted octanol–water partition coefficient (Wildman–Crippen LogP) is 2.04. The number of methoxy groups -OCH3 is 1. The standard InChI is InChI=1S/C13H18O4/c1-4-17-11-6-5-10(9(2)7-11)8-12(16-3)13(14)15/h5-7,12H,4,8H2,1-3H3,(H,14,15). The van der Waals surface area contributed by atoms with E-state index in [4.69, 9.17) is 14.6 Å². The highest BCUT2D eigenvalue weighted by Gasteiger charge is 2.17. The summed E-state index contributed by atoms with van der Waals surface area (Å²) in [5.74, 6) is -0.140. The van der Waals surface area contributed by atoms with Crippen LogP contribution in [0.2, 0.25) is 0 Å². The predicted molar refractivity (Wildman–Crippen MR) is 64.5 cm³/mol. The van der Waals surface area contributed by atoms with Crippen molar-refractivity contribution in [2.75, 3.05) is 13.7 Å². The molecule has 0 aliphatic carbocycles. The molecule has 0 spiro atoms. The van der Waals surface area contributed by atoms with Crippen molar-refractivity contribution in [1.82, 2.24) is 0 Å². The minimum absolute atomic E-state index is 0.365. The van der Waals surface area contributed by atoms with E-state index >= 15 is 0 Å². The summed E-state index contributed by atoms with van der Waals surface area (Å²) in [5.41, 5.74) is 1.97. The molecule has 1 N–H and O–H groups in total. The monoisotopic (exact) mass is 238 g/mol. The molecule has 1 aromatic rings. The number of aliphatic carboxylic acids is 1. The maximum atomic E-state index is 10.9. The molecule has 0 aliphatic rings. The van der Waals surface area contributed by atoms with E-state index < -0.39 is 12.1 Å². The Morgan fingerprint density at radius 1 is 1.47 bits per heavy atom. The first-order chi connectivity index (χ1) is 8.08. The second-order valence-corrected chi connectivity index (χ2v) is 3.79. The number of benzene rings is 1. The molecule has 94 valence electrons. The molecule has 1 atom stereocenters. The SMILES string of the molecule is CCOc1ccc(CC(OC)C(=O)O)c(C)c1. The molecule has 0 saturated heterocycles. The third-order valence-electron chi connectivity index (χ3n) is 2.59. The summed E-state index contributed by atoms with van der Waals surface area (Å²) >= 11 is 0. The van der Waals surface area contributed by atoms with Gasteiger partial charge in [-0.15, -0.1) is 0 Å². The number of carboxylic acid groups (broad SMARTS) is 1. The topological polar surface area (TPSA) is 55.8 Å². The maximum absolute atomic E-state index is 10.9. The fraction of sp³-hybridized carbons (Fsp3) is 0.462. The number of aryl methyl sites for hydroxylation is 1. The van der Waals surface area contributed by atoms with E-state index in [0.29, 0.717) is 13.0 Å². The molecule has 17 heavy (non-hydrogen) atoms. The van der Waals surface area contributed by atoms with Crippen molar-refractivity contribution >= 4 is 5.97 Å². The minimum Gasteiger partial charge on any atom is -0.494 e. The van der Waals surface area contributed by atoms with Gasteiger partial charge in [0.1, 0.15) is 5.75 Å². The van der Waals surface area contributed by atoms with Crippen molar-refractivity contribution in [3.63, 3.8) is 0 Å². The van der Waals surface area contributed by atoms with E-state index in [0.717, 1.165) is 16.9 Å². The van der Waals surface area contributed by atoms with Gasteiger partial charge in [0.15, 0.2) is 6.10 Å². The molecule has 0 heterocycles. The second-order valence-electron chi connectivity index (χ2n) is 3.79. The van der Waals surface area contributed by atoms with E-state index in [1.54, 1.807) is 0 Å². The Bertz CT molecular complexity index is 387. The van der Waals surface area contributed by atoms with Crippen LogP contribution in [0.3, 0.4) is 0 Å². The lowest BCUT2D eigenvalue weighted by Crippen LogP contribution is -2.25. The van der Waals surface area contributed by atoms with Crippen molar-refractivity contribution in [2.24, 2.45) is 0 Å². The summed E-state index contributed by atoms with van der Waals surface area (Å²) in [6.07, 6.45) is -0.434. The Balaban J connectivity index is 2.81. The first kappa shape index (κ1) is 13.5. The highest BCUT2D eigenvalue weighted by molar-refractivity contribution is 5.72. The summed E-state index contributed by atoms with van der Waals surface area (Å²) in [6.45, 7) is 4.48. The van der Waals surface area contributed by atoms with E-state index in [-0.39, 0.29) is 0 Å². The third-order valence-corrected chi connectivity index (χ3v) is 2.59. The minimum atomic E-state index is -0.944. The van der Waals surface area contributed by atoms with E-state index in [1.165, 1.54) is 7.11 Å². The lowest BCUT2D eigenvalue weighted by molar-refractivity contribution is -0.148. The molecule has 0 bridgehead atoms. The van der Waals surface area contributed by atoms with E-state index in [1.807, 2.05) is 32.0 Å². The van der Waals surface area contributed by atoms with Crippen LogP contribution in [0, 0.1) is 6.92 Å². The number of carboxylic acids is 1. The van der Waals surface area contributed by atoms with Crippen LogP contribution in [0.5, 0.6) is 5.75 Å². The average Bonchev–Trinajstić information content (AvgIpc) is 2.28. The van der Waals surface area contributed by atoms with Gasteiger partial charge in [-0.25, -0.2) is 4.79 Å². The van der Waals surface area contributed by atoms with Crippen LogP contribution in [0.1, 0.15) is 18.1 Å². The molecule has 1 aromatic carbocycles. The van der Waals surface area contributed by atoms with Gasteiger partial charge in [-0.05, 0) is 37.1 Å². The van der Waals surface area contributed by atoms with Gasteiger partial charge >= 0.3 is 5.97 Å². The summed E-state index contributed by atoms with van der Waals surface area (Å²) < 4.78 is 10.3. The van der Waals surface area contributed by atoms with Crippen molar-refractivity contribution in [3.8, 4) is 5.75 Å². The largest absolute Gasteiger partial charge is 0.494 e. The van der Waals surface area contributed by atoms with Gasteiger partial charge in [-0.3, -0.25) is 0 Å². The zero-order valence-electron chi connectivity index (χ0n) is 10.4. The van der Waals surface area contributed by atoms with Crippen LogP contribution in [-0.2, 0) is 16.0 Å². The molecule has 0 aromatic heterocycles. The molecule has 0 fully saturated rings. The van der Waals surface area contributed by atoms with Crippen LogP contribution in [0.4, 0.5) is 0 Å². The van der Waals surface area contributed by atoms with Gasteiger partial charge in [0.25, 0.3) is 0 Å². The Morgan fingerprint density at radius 3 is 2.65 bits per heavy atom. The first-order valence-electron chi connectivity index (χ1n) is 5.56. The normalized spacial score (nSPS) is 12.2. The lowest BCUT2D eigenvalue weighted by atomic mass is 10.0. The number of carbonyl (C=O) groups is 1. The molecule has 1 rings (SSSR count). The smallest absolute Gasteiger partial charge is 0.333 e. The third kappa shape index (κ3) is 3.75. The fourth-order valence-electron chi connectivity index (χ4n) is 1.63. The van der Waals surface area contributed by atoms with E-state index in [9.17, 15) is 4.79 Å². The quantitative estimate of drug-likeness (QED) is 0.824. The molecule has 0 aliphatic heterocycles. The molecule has 1 unspecified atom stereocenters. The number of hydrogen-bond acceptors (Lipinski definition) is 3. The van der Waals surface area contributed by atoms with Crippen LogP contribution < -0.4 is 4.74 Å². The van der Waals surface area contributed by atoms with Crippen LogP contribution >= 0.6 is 0 Å². The van der Waals surface area contributed by atoms with Gasteiger partial charge in [0.05, 0.1) is 6.61 Å². The van der Waals surface area contributed by atoms with Gasteiger partial charge < -0.3 is 14.6 Å². The Kier molecular flexibility index (Phi) is 4.97. The molecule has 0 saturated carbocycles. The molecule has 0 amide bonds. The molecular formula is C13H18O4. The Morgan fingerprint density at radius 2 is 2.18 bits per heavy atom. The van der Waals surface area contributed by atoms with Gasteiger partial charge in [0, 0.05) is 13.5 Å². The van der Waals surface area contributed by atoms with Gasteiger partial charge in [0.2, 0.25) is 0 Å². The zero-order chi connectivity index (χ0) is 12.8. The number of rotatable bonds is 6. The zero-order valence-corrected chi connectivity index (χ0v) is 10.4. The van der Waals surface area contributed by atoms with Crippen molar-refractivity contribution in [1.29, 1.82) is 0 Å². The number of ether oxygens (including phenoxy) is 2. The van der Waals surface area contributed by atoms with Crippen LogP contribution in [-0.4, -0.2) is 30.9 Å². The van der Waals surface area contributed by atoms with Crippen LogP contribution in [0.25, 0.3) is 0 Å². The molecular weight excluding hydrogens is 220 g/mol. The second kappa shape index (κ2) is 6.25. The Labute approximate surface area is 101 Å². The highest BCUT2D eigenvalue weighted by Crippen LogP contribution is 2.19. The summed E-state index contributed by atoms with van der Waals surface area (Å²) in [7, 11) is 1.41. The first-order valence-corrected chi connectivity index (χ1v) is 5.56. The molecule has 4 heteroatoms. The molecule has 0 radical (unpaired) electrons. The molecule has 4 nitrogen and oxygen atoms in total. The van der Waals surface area contributed by atoms with Gasteiger partial charge in [-0.1, -0.05) is 6.07 Å². The average molecular weight is 238 g/mol. The highest BCUT2D eigenvalue weighted by atomic mass is 16.5. The van der Waals surface area contributed by atoms with E-state index in [2.05, 4.69) is 0 Å². The van der Waals surface area contributed by atoms with Crippen LogP contribution in [0.15, 0.2) is 18.2 Å². The maximum Gasteiger partial charge on any atom is 0.333 e. The van der Waals surface area contributed by atoms with Crippen molar-refractivity contribution in [3.05, 3.63) is 29.3 Å².